The van der Waals surface area contributed by atoms with E-state index in [9.17, 15) is 13.2 Å². The fourth-order valence-electron chi connectivity index (χ4n) is 2.31. The number of sulfone groups is 1. The van der Waals surface area contributed by atoms with Gasteiger partial charge in [0.25, 0.3) is 0 Å². The molecule has 1 amide bonds. The maximum atomic E-state index is 11.9. The van der Waals surface area contributed by atoms with Gasteiger partial charge in [-0.1, -0.05) is 13.8 Å². The predicted molar refractivity (Wildman–Crippen MR) is 76.8 cm³/mol. The van der Waals surface area contributed by atoms with Gasteiger partial charge in [0.2, 0.25) is 5.91 Å². The van der Waals surface area contributed by atoms with Gasteiger partial charge in [0.1, 0.15) is 0 Å². The van der Waals surface area contributed by atoms with Crippen LogP contribution in [0.2, 0.25) is 0 Å². The minimum atomic E-state index is -2.94. The van der Waals surface area contributed by atoms with E-state index in [-0.39, 0.29) is 29.0 Å². The predicted octanol–water partition coefficient (Wildman–Crippen LogP) is 0.847. The standard InChI is InChI=1S/C13H26N2O3S/c1-4-11(5-2)15-13(16)10(3)14-9-12-7-6-8-19(12,17)18/h10-12,14H,4-9H2,1-3H3,(H,15,16). The number of carbonyl (C=O) groups excluding carboxylic acids is 1. The van der Waals surface area contributed by atoms with Crippen LogP contribution in [0.15, 0.2) is 0 Å². The molecule has 0 aromatic heterocycles. The van der Waals surface area contributed by atoms with Crippen LogP contribution in [0.4, 0.5) is 0 Å². The van der Waals surface area contributed by atoms with E-state index in [1.54, 1.807) is 6.92 Å². The highest BCUT2D eigenvalue weighted by Crippen LogP contribution is 2.19. The van der Waals surface area contributed by atoms with Crippen LogP contribution < -0.4 is 10.6 Å². The van der Waals surface area contributed by atoms with E-state index >= 15 is 0 Å². The molecular weight excluding hydrogens is 264 g/mol. The summed E-state index contributed by atoms with van der Waals surface area (Å²) < 4.78 is 23.3. The van der Waals surface area contributed by atoms with Crippen molar-refractivity contribution < 1.29 is 13.2 Å². The molecule has 0 radical (unpaired) electrons. The summed E-state index contributed by atoms with van der Waals surface area (Å²) in [6.45, 7) is 6.23. The highest BCUT2D eigenvalue weighted by molar-refractivity contribution is 7.92. The molecule has 1 heterocycles. The second-order valence-corrected chi connectivity index (χ2v) is 7.68. The molecule has 0 saturated carbocycles. The van der Waals surface area contributed by atoms with Crippen LogP contribution in [0.5, 0.6) is 0 Å². The van der Waals surface area contributed by atoms with Gasteiger partial charge in [0.05, 0.1) is 17.0 Å². The molecule has 1 fully saturated rings. The Hall–Kier alpha value is -0.620. The Kier molecular flexibility index (Phi) is 6.26. The number of rotatable bonds is 7. The van der Waals surface area contributed by atoms with E-state index in [2.05, 4.69) is 10.6 Å². The first kappa shape index (κ1) is 16.4. The summed E-state index contributed by atoms with van der Waals surface area (Å²) in [4.78, 5) is 11.9. The largest absolute Gasteiger partial charge is 0.352 e. The summed E-state index contributed by atoms with van der Waals surface area (Å²) in [5.41, 5.74) is 0. The van der Waals surface area contributed by atoms with Gasteiger partial charge >= 0.3 is 0 Å². The Morgan fingerprint density at radius 1 is 1.32 bits per heavy atom. The molecule has 5 nitrogen and oxygen atoms in total. The smallest absolute Gasteiger partial charge is 0.237 e. The molecule has 1 aliphatic rings. The highest BCUT2D eigenvalue weighted by atomic mass is 32.2. The molecule has 2 unspecified atom stereocenters. The second kappa shape index (κ2) is 7.24. The quantitative estimate of drug-likeness (QED) is 0.729. The van der Waals surface area contributed by atoms with Gasteiger partial charge in [-0.3, -0.25) is 4.79 Å². The Labute approximate surface area is 116 Å². The zero-order valence-electron chi connectivity index (χ0n) is 12.1. The highest BCUT2D eigenvalue weighted by Gasteiger charge is 2.31. The molecular formula is C13H26N2O3S. The molecule has 19 heavy (non-hydrogen) atoms. The van der Waals surface area contributed by atoms with Gasteiger partial charge in [0, 0.05) is 12.6 Å². The van der Waals surface area contributed by atoms with Crippen molar-refractivity contribution >= 4 is 15.7 Å². The average molecular weight is 290 g/mol. The van der Waals surface area contributed by atoms with Crippen LogP contribution in [0.1, 0.15) is 46.5 Å². The van der Waals surface area contributed by atoms with Crippen LogP contribution in [0.3, 0.4) is 0 Å². The number of nitrogens with one attached hydrogen (secondary N) is 2. The molecule has 1 aliphatic heterocycles. The lowest BCUT2D eigenvalue weighted by Gasteiger charge is -2.20. The third-order valence-electron chi connectivity index (χ3n) is 3.84. The number of amides is 1. The fraction of sp³-hybridized carbons (Fsp3) is 0.923. The number of carbonyl (C=O) groups is 1. The van der Waals surface area contributed by atoms with Crippen molar-refractivity contribution in [2.24, 2.45) is 0 Å². The molecule has 0 spiro atoms. The molecule has 112 valence electrons. The normalized spacial score (nSPS) is 23.5. The first-order valence-corrected chi connectivity index (χ1v) is 8.87. The monoisotopic (exact) mass is 290 g/mol. The lowest BCUT2D eigenvalue weighted by molar-refractivity contribution is -0.123. The van der Waals surface area contributed by atoms with E-state index < -0.39 is 9.84 Å². The van der Waals surface area contributed by atoms with Crippen LogP contribution in [-0.2, 0) is 14.6 Å². The second-order valence-electron chi connectivity index (χ2n) is 5.28. The summed E-state index contributed by atoms with van der Waals surface area (Å²) in [5.74, 6) is 0.234. The Bertz CT molecular complexity index is 391. The van der Waals surface area contributed by atoms with Crippen LogP contribution >= 0.6 is 0 Å². The van der Waals surface area contributed by atoms with Crippen LogP contribution in [0, 0.1) is 0 Å². The molecule has 0 bridgehead atoms. The van der Waals surface area contributed by atoms with Gasteiger partial charge in [-0.05, 0) is 32.6 Å². The lowest BCUT2D eigenvalue weighted by Crippen LogP contribution is -2.48. The van der Waals surface area contributed by atoms with E-state index in [1.165, 1.54) is 0 Å². The van der Waals surface area contributed by atoms with E-state index in [4.69, 9.17) is 0 Å². The first-order chi connectivity index (χ1) is 8.90. The summed E-state index contributed by atoms with van der Waals surface area (Å²) in [6.07, 6.45) is 3.26. The maximum absolute atomic E-state index is 11.9. The Morgan fingerprint density at radius 3 is 2.42 bits per heavy atom. The summed E-state index contributed by atoms with van der Waals surface area (Å²) in [5, 5.41) is 5.68. The molecule has 6 heteroatoms. The van der Waals surface area contributed by atoms with Gasteiger partial charge < -0.3 is 10.6 Å². The Balaban J connectivity index is 2.38. The van der Waals surface area contributed by atoms with Gasteiger partial charge in [-0.2, -0.15) is 0 Å². The van der Waals surface area contributed by atoms with Gasteiger partial charge in [-0.15, -0.1) is 0 Å². The SMILES string of the molecule is CCC(CC)NC(=O)C(C)NCC1CCCS1(=O)=O. The third-order valence-corrected chi connectivity index (χ3v) is 6.12. The summed E-state index contributed by atoms with van der Waals surface area (Å²) >= 11 is 0. The van der Waals surface area contributed by atoms with Crippen molar-refractivity contribution in [3.05, 3.63) is 0 Å². The van der Waals surface area contributed by atoms with E-state index in [0.717, 1.165) is 19.3 Å². The maximum Gasteiger partial charge on any atom is 0.237 e. The summed E-state index contributed by atoms with van der Waals surface area (Å²) in [7, 11) is -2.94. The average Bonchev–Trinajstić information content (AvgIpc) is 2.71. The Morgan fingerprint density at radius 2 is 1.95 bits per heavy atom. The van der Waals surface area contributed by atoms with E-state index in [1.807, 2.05) is 13.8 Å². The van der Waals surface area contributed by atoms with Crippen molar-refractivity contribution in [1.82, 2.24) is 10.6 Å². The lowest BCUT2D eigenvalue weighted by atomic mass is 10.1. The van der Waals surface area contributed by atoms with Gasteiger partial charge in [-0.25, -0.2) is 8.42 Å². The topological polar surface area (TPSA) is 75.3 Å². The minimum absolute atomic E-state index is 0.0518. The van der Waals surface area contributed by atoms with E-state index in [0.29, 0.717) is 13.0 Å². The fourth-order valence-corrected chi connectivity index (χ4v) is 4.09. The van der Waals surface area contributed by atoms with Crippen molar-refractivity contribution in [3.8, 4) is 0 Å². The van der Waals surface area contributed by atoms with Crippen molar-refractivity contribution in [1.29, 1.82) is 0 Å². The summed E-state index contributed by atoms with van der Waals surface area (Å²) in [6, 6.07) is -0.150. The molecule has 1 saturated heterocycles. The van der Waals surface area contributed by atoms with Crippen molar-refractivity contribution in [3.63, 3.8) is 0 Å². The zero-order valence-corrected chi connectivity index (χ0v) is 12.9. The molecule has 0 aromatic rings. The zero-order chi connectivity index (χ0) is 14.5. The molecule has 0 aromatic carbocycles. The molecule has 2 N–H and O–H groups in total. The number of hydrogen-bond donors (Lipinski definition) is 2. The van der Waals surface area contributed by atoms with Crippen LogP contribution in [-0.4, -0.2) is 44.0 Å². The molecule has 1 rings (SSSR count). The van der Waals surface area contributed by atoms with Crippen LogP contribution in [0.25, 0.3) is 0 Å². The third kappa shape index (κ3) is 4.76. The van der Waals surface area contributed by atoms with Crippen molar-refractivity contribution in [2.45, 2.75) is 63.8 Å². The first-order valence-electron chi connectivity index (χ1n) is 7.16. The molecule has 2 atom stereocenters. The van der Waals surface area contributed by atoms with Gasteiger partial charge in [0.15, 0.2) is 9.84 Å². The minimum Gasteiger partial charge on any atom is -0.352 e. The van der Waals surface area contributed by atoms with Crippen molar-refractivity contribution in [2.75, 3.05) is 12.3 Å². The molecule has 0 aliphatic carbocycles. The number of hydrogen-bond acceptors (Lipinski definition) is 4.